The van der Waals surface area contributed by atoms with Crippen molar-refractivity contribution in [3.63, 3.8) is 0 Å². The third kappa shape index (κ3) is 4.44. The lowest BCUT2D eigenvalue weighted by atomic mass is 10.2. The van der Waals surface area contributed by atoms with Crippen molar-refractivity contribution in [3.8, 4) is 5.75 Å². The van der Waals surface area contributed by atoms with Crippen molar-refractivity contribution in [2.24, 2.45) is 0 Å². The number of aromatic nitrogens is 3. The molecule has 0 spiro atoms. The van der Waals surface area contributed by atoms with E-state index in [1.54, 1.807) is 24.3 Å². The van der Waals surface area contributed by atoms with Gasteiger partial charge in [-0.1, -0.05) is 35.0 Å². The highest BCUT2D eigenvalue weighted by molar-refractivity contribution is 5.77. The highest BCUT2D eigenvalue weighted by Gasteiger charge is 2.07. The van der Waals surface area contributed by atoms with E-state index >= 15 is 0 Å². The summed E-state index contributed by atoms with van der Waals surface area (Å²) in [4.78, 5) is 24.2. The van der Waals surface area contributed by atoms with Crippen LogP contribution in [0.15, 0.2) is 53.3 Å². The lowest BCUT2D eigenvalue weighted by Crippen LogP contribution is -2.31. The van der Waals surface area contributed by atoms with Crippen LogP contribution in [0.2, 0.25) is 0 Å². The molecular formula is C19H20N4O3. The van der Waals surface area contributed by atoms with E-state index in [9.17, 15) is 9.59 Å². The van der Waals surface area contributed by atoms with Gasteiger partial charge in [0.25, 0.3) is 5.56 Å². The topological polar surface area (TPSA) is 86.1 Å². The van der Waals surface area contributed by atoms with Crippen LogP contribution in [-0.2, 0) is 11.3 Å². The minimum absolute atomic E-state index is 0.150. The Hall–Kier alpha value is -3.22. The van der Waals surface area contributed by atoms with Crippen molar-refractivity contribution in [3.05, 3.63) is 64.4 Å². The van der Waals surface area contributed by atoms with Crippen LogP contribution in [0.5, 0.6) is 5.75 Å². The number of nitrogens with zero attached hydrogens (tertiary/aromatic N) is 3. The fourth-order valence-corrected chi connectivity index (χ4v) is 2.46. The Morgan fingerprint density at radius 3 is 2.73 bits per heavy atom. The average molecular weight is 352 g/mol. The normalized spacial score (nSPS) is 10.7. The van der Waals surface area contributed by atoms with Gasteiger partial charge in [-0.3, -0.25) is 9.59 Å². The molecule has 0 aliphatic rings. The van der Waals surface area contributed by atoms with Crippen LogP contribution in [0.25, 0.3) is 10.9 Å². The van der Waals surface area contributed by atoms with Gasteiger partial charge in [0.2, 0.25) is 5.91 Å². The molecule has 3 rings (SSSR count). The average Bonchev–Trinajstić information content (AvgIpc) is 2.66. The molecular weight excluding hydrogens is 332 g/mol. The standard InChI is InChI=1S/C19H20N4O3/c1-14-6-8-15(9-7-14)26-13-11-20-18(24)10-12-23-19(25)16-4-2-3-5-17(16)21-22-23/h2-9H,10-13H2,1H3,(H,20,24). The van der Waals surface area contributed by atoms with Gasteiger partial charge in [0, 0.05) is 6.42 Å². The van der Waals surface area contributed by atoms with Gasteiger partial charge in [-0.05, 0) is 31.2 Å². The van der Waals surface area contributed by atoms with Crippen LogP contribution < -0.4 is 15.6 Å². The van der Waals surface area contributed by atoms with Gasteiger partial charge < -0.3 is 10.1 Å². The van der Waals surface area contributed by atoms with Crippen molar-refractivity contribution >= 4 is 16.8 Å². The van der Waals surface area contributed by atoms with E-state index < -0.39 is 0 Å². The van der Waals surface area contributed by atoms with E-state index in [0.717, 1.165) is 11.3 Å². The number of rotatable bonds is 7. The fraction of sp³-hybridized carbons (Fsp3) is 0.263. The Morgan fingerprint density at radius 2 is 1.92 bits per heavy atom. The number of benzene rings is 2. The lowest BCUT2D eigenvalue weighted by Gasteiger charge is -2.08. The van der Waals surface area contributed by atoms with Gasteiger partial charge in [-0.15, -0.1) is 5.10 Å². The van der Waals surface area contributed by atoms with Crippen LogP contribution in [0.1, 0.15) is 12.0 Å². The summed E-state index contributed by atoms with van der Waals surface area (Å²) in [6, 6.07) is 14.7. The highest BCUT2D eigenvalue weighted by Crippen LogP contribution is 2.10. The molecule has 1 N–H and O–H groups in total. The Balaban J connectivity index is 1.45. The largest absolute Gasteiger partial charge is 0.492 e. The first-order valence-electron chi connectivity index (χ1n) is 8.42. The minimum Gasteiger partial charge on any atom is -0.492 e. The van der Waals surface area contributed by atoms with Crippen molar-refractivity contribution in [1.82, 2.24) is 20.3 Å². The fourth-order valence-electron chi connectivity index (χ4n) is 2.46. The molecule has 3 aromatic rings. The maximum atomic E-state index is 12.3. The highest BCUT2D eigenvalue weighted by atomic mass is 16.5. The first kappa shape index (κ1) is 17.6. The summed E-state index contributed by atoms with van der Waals surface area (Å²) in [6.07, 6.45) is 0.150. The molecule has 0 saturated heterocycles. The lowest BCUT2D eigenvalue weighted by molar-refractivity contribution is -0.121. The molecule has 0 aliphatic carbocycles. The molecule has 7 heteroatoms. The van der Waals surface area contributed by atoms with Gasteiger partial charge in [-0.25, -0.2) is 4.68 Å². The molecule has 0 saturated carbocycles. The van der Waals surface area contributed by atoms with Gasteiger partial charge in [-0.2, -0.15) is 0 Å². The zero-order chi connectivity index (χ0) is 18.4. The molecule has 1 amide bonds. The predicted octanol–water partition coefficient (Wildman–Crippen LogP) is 1.69. The van der Waals surface area contributed by atoms with E-state index in [1.807, 2.05) is 31.2 Å². The molecule has 2 aromatic carbocycles. The minimum atomic E-state index is -0.244. The number of nitrogens with one attached hydrogen (secondary N) is 1. The monoisotopic (exact) mass is 352 g/mol. The second-order valence-electron chi connectivity index (χ2n) is 5.90. The molecule has 0 radical (unpaired) electrons. The molecule has 1 heterocycles. The molecule has 134 valence electrons. The molecule has 0 unspecified atom stereocenters. The maximum absolute atomic E-state index is 12.3. The van der Waals surface area contributed by atoms with Crippen molar-refractivity contribution < 1.29 is 9.53 Å². The van der Waals surface area contributed by atoms with E-state index in [0.29, 0.717) is 24.1 Å². The third-order valence-electron chi connectivity index (χ3n) is 3.89. The number of ether oxygens (including phenoxy) is 1. The van der Waals surface area contributed by atoms with Crippen LogP contribution in [-0.4, -0.2) is 34.1 Å². The Bertz CT molecular complexity index is 951. The number of hydrogen-bond donors (Lipinski definition) is 1. The quantitative estimate of drug-likeness (QED) is 0.654. The molecule has 1 aromatic heterocycles. The first-order chi connectivity index (χ1) is 12.6. The summed E-state index contributed by atoms with van der Waals surface area (Å²) in [7, 11) is 0. The number of carbonyl (C=O) groups excluding carboxylic acids is 1. The summed E-state index contributed by atoms with van der Waals surface area (Å²) in [5.74, 6) is 0.599. The zero-order valence-electron chi connectivity index (χ0n) is 14.5. The summed E-state index contributed by atoms with van der Waals surface area (Å²) < 4.78 is 6.76. The summed E-state index contributed by atoms with van der Waals surface area (Å²) in [6.45, 7) is 2.96. The molecule has 7 nitrogen and oxygen atoms in total. The number of fused-ring (bicyclic) bond motifs is 1. The summed E-state index contributed by atoms with van der Waals surface area (Å²) in [5.41, 5.74) is 1.47. The van der Waals surface area contributed by atoms with Gasteiger partial charge in [0.05, 0.1) is 18.5 Å². The Kier molecular flexibility index (Phi) is 5.58. The van der Waals surface area contributed by atoms with E-state index in [2.05, 4.69) is 15.6 Å². The second kappa shape index (κ2) is 8.24. The van der Waals surface area contributed by atoms with E-state index in [-0.39, 0.29) is 24.4 Å². The van der Waals surface area contributed by atoms with Gasteiger partial charge >= 0.3 is 0 Å². The van der Waals surface area contributed by atoms with Crippen molar-refractivity contribution in [2.45, 2.75) is 19.9 Å². The second-order valence-corrected chi connectivity index (χ2v) is 5.90. The van der Waals surface area contributed by atoms with Crippen molar-refractivity contribution in [2.75, 3.05) is 13.2 Å². The van der Waals surface area contributed by atoms with Crippen LogP contribution in [0.4, 0.5) is 0 Å². The number of aryl methyl sites for hydroxylation is 2. The molecule has 0 atom stereocenters. The molecule has 0 aliphatic heterocycles. The van der Waals surface area contributed by atoms with Crippen LogP contribution >= 0.6 is 0 Å². The number of amides is 1. The van der Waals surface area contributed by atoms with E-state index in [1.165, 1.54) is 4.68 Å². The van der Waals surface area contributed by atoms with E-state index in [4.69, 9.17) is 4.74 Å². The SMILES string of the molecule is Cc1ccc(OCCNC(=O)CCn2nnc3ccccc3c2=O)cc1. The molecule has 0 fully saturated rings. The van der Waals surface area contributed by atoms with Crippen LogP contribution in [0.3, 0.4) is 0 Å². The maximum Gasteiger partial charge on any atom is 0.277 e. The summed E-state index contributed by atoms with van der Waals surface area (Å²) >= 11 is 0. The predicted molar refractivity (Wildman–Crippen MR) is 98.1 cm³/mol. The van der Waals surface area contributed by atoms with Gasteiger partial charge in [0.15, 0.2) is 0 Å². The van der Waals surface area contributed by atoms with Gasteiger partial charge in [0.1, 0.15) is 17.9 Å². The number of carbonyl (C=O) groups is 1. The zero-order valence-corrected chi connectivity index (χ0v) is 14.5. The smallest absolute Gasteiger partial charge is 0.277 e. The Morgan fingerprint density at radius 1 is 1.15 bits per heavy atom. The third-order valence-corrected chi connectivity index (χ3v) is 3.89. The summed E-state index contributed by atoms with van der Waals surface area (Å²) in [5, 5.41) is 11.1. The Labute approximate surface area is 150 Å². The van der Waals surface area contributed by atoms with Crippen molar-refractivity contribution in [1.29, 1.82) is 0 Å². The first-order valence-corrected chi connectivity index (χ1v) is 8.42. The van der Waals surface area contributed by atoms with Crippen LogP contribution in [0, 0.1) is 6.92 Å². The molecule has 26 heavy (non-hydrogen) atoms. The number of hydrogen-bond acceptors (Lipinski definition) is 5. The molecule has 0 bridgehead atoms.